The maximum atomic E-state index is 11.9. The van der Waals surface area contributed by atoms with Crippen LogP contribution in [0.15, 0.2) is 47.2 Å². The number of rotatable bonds is 6. The Morgan fingerprint density at radius 1 is 1.26 bits per heavy atom. The Kier molecular flexibility index (Phi) is 4.31. The topological polar surface area (TPSA) is 92.4 Å². The number of nitrogens with one attached hydrogen (secondary N) is 1. The Balaban J connectivity index is 2.10. The van der Waals surface area contributed by atoms with Gasteiger partial charge in [-0.2, -0.15) is 0 Å². The van der Waals surface area contributed by atoms with E-state index in [4.69, 9.17) is 0 Å². The van der Waals surface area contributed by atoms with Gasteiger partial charge in [0.15, 0.2) is 0 Å². The lowest BCUT2D eigenvalue weighted by Crippen LogP contribution is -2.31. The molecule has 0 amide bonds. The van der Waals surface area contributed by atoms with Gasteiger partial charge >= 0.3 is 0 Å². The van der Waals surface area contributed by atoms with Gasteiger partial charge in [0, 0.05) is 6.07 Å². The predicted molar refractivity (Wildman–Crippen MR) is 68.5 cm³/mol. The number of hydrogen-bond acceptors (Lipinski definition) is 5. The fourth-order valence-corrected chi connectivity index (χ4v) is 2.93. The standard InChI is InChI=1S/C12H14N2O4S/c15-8-12(10-4-2-1-3-5-10)14-19(16,17)9-11-6-7-18-13-11/h1-7,12,14-15H,8-9H2/t12-/m0/s1. The fourth-order valence-electron chi connectivity index (χ4n) is 1.66. The van der Waals surface area contributed by atoms with Crippen LogP contribution >= 0.6 is 0 Å². The first-order chi connectivity index (χ1) is 9.11. The molecule has 0 aliphatic heterocycles. The zero-order valence-corrected chi connectivity index (χ0v) is 10.9. The van der Waals surface area contributed by atoms with Gasteiger partial charge < -0.3 is 9.63 Å². The third-order valence-corrected chi connectivity index (χ3v) is 3.85. The summed E-state index contributed by atoms with van der Waals surface area (Å²) in [7, 11) is -3.60. The van der Waals surface area contributed by atoms with E-state index < -0.39 is 16.1 Å². The van der Waals surface area contributed by atoms with Crippen molar-refractivity contribution in [1.29, 1.82) is 0 Å². The maximum Gasteiger partial charge on any atom is 0.218 e. The third kappa shape index (κ3) is 3.88. The zero-order valence-electron chi connectivity index (χ0n) is 10.1. The van der Waals surface area contributed by atoms with Gasteiger partial charge in [-0.1, -0.05) is 35.5 Å². The van der Waals surface area contributed by atoms with Gasteiger partial charge in [0.05, 0.1) is 18.3 Å². The van der Waals surface area contributed by atoms with Crippen molar-refractivity contribution in [3.05, 3.63) is 53.9 Å². The van der Waals surface area contributed by atoms with Crippen LogP contribution in [-0.4, -0.2) is 25.3 Å². The lowest BCUT2D eigenvalue weighted by atomic mass is 10.1. The molecule has 0 radical (unpaired) electrons. The van der Waals surface area contributed by atoms with Gasteiger partial charge in [-0.05, 0) is 5.56 Å². The number of aliphatic hydroxyl groups excluding tert-OH is 1. The first kappa shape index (κ1) is 13.7. The van der Waals surface area contributed by atoms with E-state index in [0.29, 0.717) is 11.3 Å². The van der Waals surface area contributed by atoms with Gasteiger partial charge in [-0.25, -0.2) is 13.1 Å². The highest BCUT2D eigenvalue weighted by Gasteiger charge is 2.20. The van der Waals surface area contributed by atoms with Gasteiger partial charge in [0.1, 0.15) is 12.0 Å². The molecule has 1 heterocycles. The smallest absolute Gasteiger partial charge is 0.218 e. The minimum atomic E-state index is -3.60. The highest BCUT2D eigenvalue weighted by Crippen LogP contribution is 2.14. The summed E-state index contributed by atoms with van der Waals surface area (Å²) in [5.74, 6) is -0.285. The molecule has 0 aliphatic carbocycles. The molecule has 6 nitrogen and oxygen atoms in total. The van der Waals surface area contributed by atoms with Crippen LogP contribution in [0.25, 0.3) is 0 Å². The van der Waals surface area contributed by atoms with Crippen LogP contribution in [0.1, 0.15) is 17.3 Å². The molecule has 2 aromatic rings. The van der Waals surface area contributed by atoms with Crippen LogP contribution in [0.3, 0.4) is 0 Å². The number of aliphatic hydroxyl groups is 1. The molecule has 0 unspecified atom stereocenters. The van der Waals surface area contributed by atoms with Gasteiger partial charge in [0.25, 0.3) is 0 Å². The van der Waals surface area contributed by atoms with Crippen LogP contribution in [0.2, 0.25) is 0 Å². The van der Waals surface area contributed by atoms with Crippen molar-refractivity contribution in [2.24, 2.45) is 0 Å². The quantitative estimate of drug-likeness (QED) is 0.818. The Morgan fingerprint density at radius 3 is 2.58 bits per heavy atom. The molecule has 0 bridgehead atoms. The van der Waals surface area contributed by atoms with Crippen LogP contribution in [-0.2, 0) is 15.8 Å². The molecule has 1 atom stereocenters. The lowest BCUT2D eigenvalue weighted by molar-refractivity contribution is 0.259. The molecule has 7 heteroatoms. The van der Waals surface area contributed by atoms with Crippen LogP contribution < -0.4 is 4.72 Å². The number of benzene rings is 1. The average molecular weight is 282 g/mol. The minimum absolute atomic E-state index is 0.285. The molecule has 0 fully saturated rings. The summed E-state index contributed by atoms with van der Waals surface area (Å²) in [6, 6.07) is 9.70. The van der Waals surface area contributed by atoms with Crippen LogP contribution in [0.4, 0.5) is 0 Å². The largest absolute Gasteiger partial charge is 0.394 e. The van der Waals surface area contributed by atoms with Crippen molar-refractivity contribution >= 4 is 10.0 Å². The number of hydrogen-bond donors (Lipinski definition) is 2. The molecular weight excluding hydrogens is 268 g/mol. The first-order valence-corrected chi connectivity index (χ1v) is 7.31. The summed E-state index contributed by atoms with van der Waals surface area (Å²) >= 11 is 0. The average Bonchev–Trinajstić information content (AvgIpc) is 2.89. The fraction of sp³-hybridized carbons (Fsp3) is 0.250. The minimum Gasteiger partial charge on any atom is -0.394 e. The number of aromatic nitrogens is 1. The van der Waals surface area contributed by atoms with E-state index in [1.807, 2.05) is 6.07 Å². The summed E-state index contributed by atoms with van der Waals surface area (Å²) in [5, 5.41) is 12.9. The zero-order chi connectivity index (χ0) is 13.7. The summed E-state index contributed by atoms with van der Waals surface area (Å²) < 4.78 is 30.9. The lowest BCUT2D eigenvalue weighted by Gasteiger charge is -2.16. The summed E-state index contributed by atoms with van der Waals surface area (Å²) in [4.78, 5) is 0. The molecule has 2 N–H and O–H groups in total. The van der Waals surface area contributed by atoms with Gasteiger partial charge in [0.2, 0.25) is 10.0 Å². The number of nitrogens with zero attached hydrogens (tertiary/aromatic N) is 1. The molecule has 0 saturated heterocycles. The predicted octanol–water partition coefficient (Wildman–Crippen LogP) is 0.828. The van der Waals surface area contributed by atoms with Crippen LogP contribution in [0, 0.1) is 0 Å². The normalized spacial score (nSPS) is 13.3. The second-order valence-electron chi connectivity index (χ2n) is 4.01. The van der Waals surface area contributed by atoms with Gasteiger partial charge in [-0.15, -0.1) is 0 Å². The molecule has 0 aliphatic rings. The van der Waals surface area contributed by atoms with Crippen molar-refractivity contribution < 1.29 is 18.0 Å². The van der Waals surface area contributed by atoms with Crippen molar-refractivity contribution in [2.75, 3.05) is 6.61 Å². The third-order valence-electron chi connectivity index (χ3n) is 2.54. The molecule has 1 aromatic carbocycles. The van der Waals surface area contributed by atoms with Crippen molar-refractivity contribution in [3.8, 4) is 0 Å². The molecule has 1 aromatic heterocycles. The van der Waals surface area contributed by atoms with E-state index in [0.717, 1.165) is 0 Å². The second kappa shape index (κ2) is 5.96. The van der Waals surface area contributed by atoms with E-state index in [9.17, 15) is 13.5 Å². The highest BCUT2D eigenvalue weighted by atomic mass is 32.2. The van der Waals surface area contributed by atoms with E-state index in [1.165, 1.54) is 12.3 Å². The van der Waals surface area contributed by atoms with Crippen molar-refractivity contribution in [2.45, 2.75) is 11.8 Å². The Labute approximate surface area is 111 Å². The second-order valence-corrected chi connectivity index (χ2v) is 5.77. The van der Waals surface area contributed by atoms with E-state index in [-0.39, 0.29) is 12.4 Å². The van der Waals surface area contributed by atoms with Crippen molar-refractivity contribution in [1.82, 2.24) is 9.88 Å². The summed E-state index contributed by atoms with van der Waals surface area (Å²) in [5.41, 5.74) is 1.02. The Morgan fingerprint density at radius 2 is 2.00 bits per heavy atom. The molecule has 102 valence electrons. The van der Waals surface area contributed by atoms with E-state index in [2.05, 4.69) is 14.4 Å². The first-order valence-electron chi connectivity index (χ1n) is 5.66. The molecule has 0 saturated carbocycles. The maximum absolute atomic E-state index is 11.9. The number of sulfonamides is 1. The summed E-state index contributed by atoms with van der Waals surface area (Å²) in [6.07, 6.45) is 1.31. The SMILES string of the molecule is O=S(=O)(Cc1ccon1)N[C@@H](CO)c1ccccc1. The monoisotopic (exact) mass is 282 g/mol. The van der Waals surface area contributed by atoms with Crippen LogP contribution in [0.5, 0.6) is 0 Å². The van der Waals surface area contributed by atoms with E-state index >= 15 is 0 Å². The summed E-state index contributed by atoms with van der Waals surface area (Å²) in [6.45, 7) is -0.317. The Hall–Kier alpha value is -1.70. The molecular formula is C12H14N2O4S. The molecule has 0 spiro atoms. The molecule has 2 rings (SSSR count). The van der Waals surface area contributed by atoms with E-state index in [1.54, 1.807) is 24.3 Å². The highest BCUT2D eigenvalue weighted by molar-refractivity contribution is 7.88. The molecule has 19 heavy (non-hydrogen) atoms. The van der Waals surface area contributed by atoms with Crippen molar-refractivity contribution in [3.63, 3.8) is 0 Å². The Bertz CT molecular complexity index is 596. The van der Waals surface area contributed by atoms with Gasteiger partial charge in [-0.3, -0.25) is 0 Å².